The van der Waals surface area contributed by atoms with Gasteiger partial charge in [-0.15, -0.1) is 0 Å². The van der Waals surface area contributed by atoms with Gasteiger partial charge >= 0.3 is 0 Å². The molecule has 3 aromatic carbocycles. The normalized spacial score (nSPS) is 17.0. The average molecular weight is 352 g/mol. The summed E-state index contributed by atoms with van der Waals surface area (Å²) >= 11 is 0. The fraction of sp³-hybridized carbons (Fsp3) is 0.160. The summed E-state index contributed by atoms with van der Waals surface area (Å²) in [5, 5.41) is 7.26. The van der Waals surface area contributed by atoms with Crippen LogP contribution in [0.25, 0.3) is 10.8 Å². The first kappa shape index (κ1) is 17.3. The highest BCUT2D eigenvalue weighted by Gasteiger charge is 2.18. The third-order valence-corrected chi connectivity index (χ3v) is 5.35. The van der Waals surface area contributed by atoms with E-state index in [-0.39, 0.29) is 0 Å². The minimum absolute atomic E-state index is 0.419. The number of hydrazone groups is 1. The smallest absolute Gasteiger partial charge is 0.0688 e. The highest BCUT2D eigenvalue weighted by Crippen LogP contribution is 2.29. The Hall–Kier alpha value is -3.13. The zero-order valence-electron chi connectivity index (χ0n) is 15.8. The van der Waals surface area contributed by atoms with Gasteiger partial charge in [0, 0.05) is 12.3 Å². The zero-order chi connectivity index (χ0) is 18.6. The van der Waals surface area contributed by atoms with E-state index in [1.807, 2.05) is 6.07 Å². The van der Waals surface area contributed by atoms with Gasteiger partial charge in [-0.25, -0.2) is 0 Å². The van der Waals surface area contributed by atoms with E-state index in [9.17, 15) is 0 Å². The molecular weight excluding hydrogens is 328 g/mol. The Morgan fingerprint density at radius 2 is 1.63 bits per heavy atom. The predicted octanol–water partition coefficient (Wildman–Crippen LogP) is 6.57. The van der Waals surface area contributed by atoms with Gasteiger partial charge in [0.05, 0.1) is 11.4 Å². The van der Waals surface area contributed by atoms with Gasteiger partial charge in [0.2, 0.25) is 0 Å². The number of fused-ring (bicyclic) bond motifs is 1. The van der Waals surface area contributed by atoms with Crippen LogP contribution in [-0.2, 0) is 0 Å². The lowest BCUT2D eigenvalue weighted by Gasteiger charge is -2.14. The number of hydrogen-bond acceptors (Lipinski definition) is 2. The van der Waals surface area contributed by atoms with Crippen LogP contribution in [-0.4, -0.2) is 5.71 Å². The largest absolute Gasteiger partial charge is 0.278 e. The topological polar surface area (TPSA) is 24.4 Å². The van der Waals surface area contributed by atoms with Gasteiger partial charge < -0.3 is 0 Å². The molecule has 0 bridgehead atoms. The molecule has 1 aliphatic rings. The number of benzene rings is 3. The number of allylic oxidation sites excluding steroid dienone is 4. The number of rotatable bonds is 5. The van der Waals surface area contributed by atoms with Crippen molar-refractivity contribution in [1.82, 2.24) is 0 Å². The maximum Gasteiger partial charge on any atom is 0.0688 e. The molecule has 0 radical (unpaired) electrons. The van der Waals surface area contributed by atoms with Gasteiger partial charge in [0.1, 0.15) is 0 Å². The van der Waals surface area contributed by atoms with Crippen LogP contribution in [0.4, 0.5) is 5.69 Å². The molecule has 134 valence electrons. The summed E-state index contributed by atoms with van der Waals surface area (Å²) in [5.74, 6) is 0.419. The molecule has 27 heavy (non-hydrogen) atoms. The first-order valence-electron chi connectivity index (χ1n) is 9.43. The van der Waals surface area contributed by atoms with Crippen molar-refractivity contribution in [3.63, 3.8) is 0 Å². The summed E-state index contributed by atoms with van der Waals surface area (Å²) in [4.78, 5) is 0. The lowest BCUT2D eigenvalue weighted by molar-refractivity contribution is 0.808. The van der Waals surface area contributed by atoms with Crippen molar-refractivity contribution in [2.45, 2.75) is 20.3 Å². The lowest BCUT2D eigenvalue weighted by Crippen LogP contribution is -2.10. The fourth-order valence-electron chi connectivity index (χ4n) is 3.51. The third kappa shape index (κ3) is 3.85. The molecule has 1 N–H and O–H groups in total. The van der Waals surface area contributed by atoms with E-state index in [0.29, 0.717) is 5.92 Å². The van der Waals surface area contributed by atoms with E-state index in [1.165, 1.54) is 21.9 Å². The molecule has 2 heteroatoms. The van der Waals surface area contributed by atoms with Crippen molar-refractivity contribution < 1.29 is 0 Å². The van der Waals surface area contributed by atoms with Crippen LogP contribution in [0.3, 0.4) is 0 Å². The molecule has 2 nitrogen and oxygen atoms in total. The Morgan fingerprint density at radius 3 is 2.37 bits per heavy atom. The summed E-state index contributed by atoms with van der Waals surface area (Å²) in [6.07, 6.45) is 5.41. The molecule has 1 unspecified atom stereocenters. The van der Waals surface area contributed by atoms with Gasteiger partial charge in [-0.3, -0.25) is 5.43 Å². The Balaban J connectivity index is 1.62. The van der Waals surface area contributed by atoms with Crippen molar-refractivity contribution in [2.75, 3.05) is 5.43 Å². The van der Waals surface area contributed by atoms with Gasteiger partial charge in [0.15, 0.2) is 0 Å². The summed E-state index contributed by atoms with van der Waals surface area (Å²) < 4.78 is 0. The molecule has 0 amide bonds. The van der Waals surface area contributed by atoms with E-state index >= 15 is 0 Å². The van der Waals surface area contributed by atoms with E-state index < -0.39 is 0 Å². The lowest BCUT2D eigenvalue weighted by atomic mass is 9.93. The molecule has 4 rings (SSSR count). The van der Waals surface area contributed by atoms with Crippen molar-refractivity contribution in [3.05, 3.63) is 102 Å². The molecule has 1 atom stereocenters. The highest BCUT2D eigenvalue weighted by atomic mass is 15.3. The zero-order valence-corrected chi connectivity index (χ0v) is 15.8. The fourth-order valence-corrected chi connectivity index (χ4v) is 3.51. The number of anilines is 1. The summed E-state index contributed by atoms with van der Waals surface area (Å²) in [6.45, 7) is 4.40. The molecule has 3 aromatic rings. The third-order valence-electron chi connectivity index (χ3n) is 5.35. The monoisotopic (exact) mass is 352 g/mol. The van der Waals surface area contributed by atoms with Crippen molar-refractivity contribution in [1.29, 1.82) is 0 Å². The molecule has 0 fully saturated rings. The minimum Gasteiger partial charge on any atom is -0.278 e. The van der Waals surface area contributed by atoms with E-state index in [0.717, 1.165) is 23.4 Å². The van der Waals surface area contributed by atoms with E-state index in [4.69, 9.17) is 5.10 Å². The van der Waals surface area contributed by atoms with E-state index in [1.54, 1.807) is 0 Å². The first-order valence-corrected chi connectivity index (χ1v) is 9.43. The molecule has 0 aliphatic heterocycles. The molecule has 0 saturated heterocycles. The van der Waals surface area contributed by atoms with Crippen LogP contribution in [0.5, 0.6) is 0 Å². The summed E-state index contributed by atoms with van der Waals surface area (Å²) in [7, 11) is 0. The van der Waals surface area contributed by atoms with Crippen LogP contribution in [0.1, 0.15) is 25.8 Å². The van der Waals surface area contributed by atoms with Crippen LogP contribution >= 0.6 is 0 Å². The molecule has 0 heterocycles. The minimum atomic E-state index is 0.419. The van der Waals surface area contributed by atoms with Crippen molar-refractivity contribution in [2.24, 2.45) is 11.0 Å². The molecule has 1 aliphatic carbocycles. The average Bonchev–Trinajstić information content (AvgIpc) is 3.03. The quantitative estimate of drug-likeness (QED) is 0.407. The van der Waals surface area contributed by atoms with Crippen molar-refractivity contribution in [3.8, 4) is 0 Å². The van der Waals surface area contributed by atoms with Gasteiger partial charge in [-0.05, 0) is 42.3 Å². The maximum absolute atomic E-state index is 4.80. The second-order valence-corrected chi connectivity index (χ2v) is 7.13. The van der Waals surface area contributed by atoms with E-state index in [2.05, 4.69) is 98.2 Å². The van der Waals surface area contributed by atoms with Crippen LogP contribution < -0.4 is 5.43 Å². The van der Waals surface area contributed by atoms with Gasteiger partial charge in [-0.1, -0.05) is 84.0 Å². The summed E-state index contributed by atoms with van der Waals surface area (Å²) in [6, 6.07) is 25.2. The molecule has 0 aromatic heterocycles. The van der Waals surface area contributed by atoms with Gasteiger partial charge in [-0.2, -0.15) is 5.10 Å². The SMILES string of the molecule is CC1=C(C)C(CC(=NNc2ccc3ccccc3c2)c2ccccc2)C=C1. The Bertz CT molecular complexity index is 1040. The number of nitrogens with one attached hydrogen (secondary N) is 1. The highest BCUT2D eigenvalue weighted by molar-refractivity contribution is 6.01. The second-order valence-electron chi connectivity index (χ2n) is 7.13. The number of hydrogen-bond donors (Lipinski definition) is 1. The summed E-state index contributed by atoms with van der Waals surface area (Å²) in [5.41, 5.74) is 9.33. The molecular formula is C25H24N2. The van der Waals surface area contributed by atoms with Gasteiger partial charge in [0.25, 0.3) is 0 Å². The second kappa shape index (κ2) is 7.63. The van der Waals surface area contributed by atoms with Crippen LogP contribution in [0, 0.1) is 5.92 Å². The van der Waals surface area contributed by atoms with Crippen molar-refractivity contribution >= 4 is 22.2 Å². The standard InChI is InChI=1S/C25H24N2/c1-18-12-13-22(19(18)2)17-25(21-9-4-3-5-10-21)27-26-24-15-14-20-8-6-7-11-23(20)16-24/h3-16,22,26H,17H2,1-2H3. The Morgan fingerprint density at radius 1 is 0.889 bits per heavy atom. The molecule has 0 spiro atoms. The Labute approximate surface area is 160 Å². The maximum atomic E-state index is 4.80. The predicted molar refractivity (Wildman–Crippen MR) is 116 cm³/mol. The molecule has 0 saturated carbocycles. The van der Waals surface area contributed by atoms with Crippen LogP contribution in [0.2, 0.25) is 0 Å². The first-order chi connectivity index (χ1) is 13.2. The Kier molecular flexibility index (Phi) is 4.88. The number of nitrogens with zero attached hydrogens (tertiary/aromatic N) is 1. The van der Waals surface area contributed by atoms with Crippen LogP contribution in [0.15, 0.2) is 101 Å².